The first-order valence-electron chi connectivity index (χ1n) is 10.5. The highest BCUT2D eigenvalue weighted by Crippen LogP contribution is 2.70. The Hall–Kier alpha value is -1.26. The molecule has 3 fully saturated rings. The molecule has 2 saturated carbocycles. The lowest BCUT2D eigenvalue weighted by Gasteiger charge is -2.66. The van der Waals surface area contributed by atoms with Crippen molar-refractivity contribution in [1.29, 1.82) is 0 Å². The van der Waals surface area contributed by atoms with Gasteiger partial charge >= 0.3 is 0 Å². The quantitative estimate of drug-likeness (QED) is 0.875. The van der Waals surface area contributed by atoms with Crippen molar-refractivity contribution in [2.75, 3.05) is 13.1 Å². The average Bonchev–Trinajstić information content (AvgIpc) is 3.38. The van der Waals surface area contributed by atoms with Crippen LogP contribution in [0.2, 0.25) is 0 Å². The van der Waals surface area contributed by atoms with Crippen molar-refractivity contribution in [3.8, 4) is 11.5 Å². The highest BCUT2D eigenvalue weighted by atomic mass is 16.5. The fourth-order valence-electron chi connectivity index (χ4n) is 7.40. The van der Waals surface area contributed by atoms with Gasteiger partial charge in [-0.2, -0.15) is 0 Å². The summed E-state index contributed by atoms with van der Waals surface area (Å²) in [6.07, 6.45) is 7.31. The average molecular weight is 355 g/mol. The molecule has 4 heteroatoms. The molecule has 26 heavy (non-hydrogen) atoms. The third-order valence-electron chi connectivity index (χ3n) is 8.63. The molecule has 1 saturated heterocycles. The number of phenolic OH excluding ortho intramolecular Hbond substituents is 1. The van der Waals surface area contributed by atoms with Crippen molar-refractivity contribution in [1.82, 2.24) is 4.90 Å². The minimum atomic E-state index is -0.428. The van der Waals surface area contributed by atoms with E-state index < -0.39 is 6.10 Å². The molecule has 2 bridgehead atoms. The Labute approximate surface area is 155 Å². The van der Waals surface area contributed by atoms with E-state index in [1.54, 1.807) is 6.07 Å². The lowest BCUT2D eigenvalue weighted by molar-refractivity contribution is -0.162. The predicted octanol–water partition coefficient (Wildman–Crippen LogP) is 2.98. The molecule has 1 spiro atoms. The Morgan fingerprint density at radius 3 is 2.85 bits per heavy atom. The molecule has 6 rings (SSSR count). The normalized spacial score (nSPS) is 43.1. The fourth-order valence-corrected chi connectivity index (χ4v) is 7.40. The van der Waals surface area contributed by atoms with Gasteiger partial charge in [-0.15, -0.1) is 0 Å². The van der Waals surface area contributed by atoms with Crippen LogP contribution in [0.15, 0.2) is 12.1 Å². The van der Waals surface area contributed by atoms with Gasteiger partial charge in [0.05, 0.1) is 6.10 Å². The zero-order valence-electron chi connectivity index (χ0n) is 15.6. The summed E-state index contributed by atoms with van der Waals surface area (Å²) in [4.78, 5) is 2.79. The fraction of sp³-hybridized carbons (Fsp3) is 0.727. The summed E-state index contributed by atoms with van der Waals surface area (Å²) in [5, 5.41) is 21.4. The van der Waals surface area contributed by atoms with Crippen LogP contribution in [0, 0.1) is 11.3 Å². The monoisotopic (exact) mass is 355 g/mol. The highest BCUT2D eigenvalue weighted by Gasteiger charge is 2.72. The van der Waals surface area contributed by atoms with Crippen molar-refractivity contribution in [3.63, 3.8) is 0 Å². The minimum absolute atomic E-state index is 0.119. The van der Waals surface area contributed by atoms with Crippen LogP contribution in [0.25, 0.3) is 0 Å². The molecule has 4 nitrogen and oxygen atoms in total. The van der Waals surface area contributed by atoms with Gasteiger partial charge in [0, 0.05) is 23.6 Å². The van der Waals surface area contributed by atoms with Crippen LogP contribution in [0.4, 0.5) is 0 Å². The van der Waals surface area contributed by atoms with Crippen molar-refractivity contribution in [2.24, 2.45) is 11.3 Å². The summed E-state index contributed by atoms with van der Waals surface area (Å²) in [7, 11) is 0. The highest BCUT2D eigenvalue weighted by molar-refractivity contribution is 5.61. The summed E-state index contributed by atoms with van der Waals surface area (Å²) in [5.41, 5.74) is 2.65. The molecule has 5 aliphatic rings. The number of hydrogen-bond acceptors (Lipinski definition) is 4. The first-order chi connectivity index (χ1) is 12.6. The molecular weight excluding hydrogens is 326 g/mol. The molecule has 140 valence electrons. The van der Waals surface area contributed by atoms with Crippen LogP contribution in [-0.4, -0.2) is 46.5 Å². The number of benzene rings is 1. The lowest BCUT2D eigenvalue weighted by Crippen LogP contribution is -2.73. The van der Waals surface area contributed by atoms with Gasteiger partial charge in [0.1, 0.15) is 6.10 Å². The SMILES string of the molecule is CC[C@@]12CCC(O)C3Oc4c(O)ccc5c4[C@@]31CCN(CC1CC1)[C@@H]2C5. The van der Waals surface area contributed by atoms with Crippen molar-refractivity contribution in [2.45, 2.75) is 75.5 Å². The van der Waals surface area contributed by atoms with E-state index in [0.29, 0.717) is 11.8 Å². The molecule has 0 aromatic heterocycles. The van der Waals surface area contributed by atoms with E-state index in [2.05, 4.69) is 17.9 Å². The van der Waals surface area contributed by atoms with Crippen LogP contribution < -0.4 is 4.74 Å². The van der Waals surface area contributed by atoms with Crippen molar-refractivity contribution >= 4 is 0 Å². The van der Waals surface area contributed by atoms with Gasteiger partial charge in [-0.05, 0) is 74.5 Å². The number of piperidine rings is 1. The van der Waals surface area contributed by atoms with Crippen LogP contribution in [0.3, 0.4) is 0 Å². The van der Waals surface area contributed by atoms with Crippen LogP contribution >= 0.6 is 0 Å². The van der Waals surface area contributed by atoms with Gasteiger partial charge in [0.25, 0.3) is 0 Å². The number of hydrogen-bond donors (Lipinski definition) is 2. The number of rotatable bonds is 3. The van der Waals surface area contributed by atoms with Gasteiger partial charge in [-0.25, -0.2) is 0 Å². The second-order valence-corrected chi connectivity index (χ2v) is 9.48. The second kappa shape index (κ2) is 4.96. The molecule has 0 amide bonds. The number of aliphatic hydroxyl groups excluding tert-OH is 1. The van der Waals surface area contributed by atoms with E-state index in [1.165, 1.54) is 30.5 Å². The molecule has 2 heterocycles. The topological polar surface area (TPSA) is 52.9 Å². The maximum atomic E-state index is 10.9. The van der Waals surface area contributed by atoms with Crippen molar-refractivity contribution in [3.05, 3.63) is 23.3 Å². The van der Waals surface area contributed by atoms with Crippen LogP contribution in [0.5, 0.6) is 11.5 Å². The first-order valence-corrected chi connectivity index (χ1v) is 10.5. The van der Waals surface area contributed by atoms with Crippen LogP contribution in [0.1, 0.15) is 56.6 Å². The number of ether oxygens (including phenoxy) is 1. The molecular formula is C22H29NO3. The molecule has 1 aromatic carbocycles. The van der Waals surface area contributed by atoms with Crippen molar-refractivity contribution < 1.29 is 14.9 Å². The Bertz CT molecular complexity index is 775. The lowest BCUT2D eigenvalue weighted by atomic mass is 9.42. The van der Waals surface area contributed by atoms with E-state index in [4.69, 9.17) is 4.74 Å². The largest absolute Gasteiger partial charge is 0.504 e. The minimum Gasteiger partial charge on any atom is -0.504 e. The summed E-state index contributed by atoms with van der Waals surface area (Å²) < 4.78 is 6.36. The van der Waals surface area contributed by atoms with E-state index in [0.717, 1.165) is 44.6 Å². The summed E-state index contributed by atoms with van der Waals surface area (Å²) in [5.74, 6) is 1.84. The maximum absolute atomic E-state index is 10.9. The molecule has 1 aromatic rings. The smallest absolute Gasteiger partial charge is 0.165 e. The molecule has 2 aliphatic heterocycles. The van der Waals surface area contributed by atoms with E-state index in [1.807, 2.05) is 0 Å². The number of phenols is 1. The molecule has 2 unspecified atom stereocenters. The number of nitrogens with zero attached hydrogens (tertiary/aromatic N) is 1. The van der Waals surface area contributed by atoms with Gasteiger partial charge in [-0.1, -0.05) is 13.0 Å². The standard InChI is InChI=1S/C22H29NO3/c1-2-21-8-7-16(25)20-22(21)9-10-23(12-13-3-4-13)17(21)11-14-5-6-15(24)19(26-20)18(14)22/h5-6,13,16-17,20,24-25H,2-4,7-12H2,1H3/t16?,17-,20?,21+,22+/m1/s1. The molecule has 5 atom stereocenters. The zero-order chi connectivity index (χ0) is 17.7. The predicted molar refractivity (Wildman–Crippen MR) is 98.6 cm³/mol. The third-order valence-corrected chi connectivity index (χ3v) is 8.63. The first kappa shape index (κ1) is 15.8. The second-order valence-electron chi connectivity index (χ2n) is 9.48. The Morgan fingerprint density at radius 1 is 1.23 bits per heavy atom. The van der Waals surface area contributed by atoms with Gasteiger partial charge in [0.15, 0.2) is 11.5 Å². The van der Waals surface area contributed by atoms with Gasteiger partial charge < -0.3 is 14.9 Å². The number of aliphatic hydroxyl groups is 1. The van der Waals surface area contributed by atoms with E-state index in [9.17, 15) is 10.2 Å². The third kappa shape index (κ3) is 1.65. The molecule has 3 aliphatic carbocycles. The molecule has 2 N–H and O–H groups in total. The van der Waals surface area contributed by atoms with Crippen LogP contribution in [-0.2, 0) is 11.8 Å². The summed E-state index contributed by atoms with van der Waals surface area (Å²) in [6.45, 7) is 4.69. The summed E-state index contributed by atoms with van der Waals surface area (Å²) >= 11 is 0. The van der Waals surface area contributed by atoms with Gasteiger partial charge in [-0.3, -0.25) is 4.90 Å². The van der Waals surface area contributed by atoms with E-state index >= 15 is 0 Å². The Balaban J connectivity index is 1.58. The number of aromatic hydroxyl groups is 1. The zero-order valence-corrected chi connectivity index (χ0v) is 15.6. The number of likely N-dealkylation sites (tertiary alicyclic amines) is 1. The Morgan fingerprint density at radius 2 is 2.08 bits per heavy atom. The summed E-state index contributed by atoms with van der Waals surface area (Å²) in [6, 6.07) is 4.47. The Kier molecular flexibility index (Phi) is 3.01. The molecule has 0 radical (unpaired) electrons. The maximum Gasteiger partial charge on any atom is 0.165 e. The van der Waals surface area contributed by atoms with Gasteiger partial charge in [0.2, 0.25) is 0 Å². The van der Waals surface area contributed by atoms with E-state index in [-0.39, 0.29) is 22.7 Å².